The van der Waals surface area contributed by atoms with E-state index < -0.39 is 0 Å². The van der Waals surface area contributed by atoms with E-state index in [-0.39, 0.29) is 24.6 Å². The minimum atomic E-state index is -0.0672. The van der Waals surface area contributed by atoms with Gasteiger partial charge in [0.15, 0.2) is 0 Å². The van der Waals surface area contributed by atoms with Gasteiger partial charge in [0.25, 0.3) is 0 Å². The second-order valence-corrected chi connectivity index (χ2v) is 4.02. The molecule has 1 unspecified atom stereocenters. The van der Waals surface area contributed by atoms with Crippen LogP contribution in [0.25, 0.3) is 0 Å². The molecule has 15 heavy (non-hydrogen) atoms. The zero-order valence-corrected chi connectivity index (χ0v) is 10.7. The van der Waals surface area contributed by atoms with Crippen LogP contribution in [0.2, 0.25) is 5.02 Å². The standard InChI is InChI=1S/C11H16ClNO.ClH/c1-7(2)14-11-9(8(3)13)5-4-6-10(11)12;/h4-8H,13H2,1-3H3;1H. The second-order valence-electron chi connectivity index (χ2n) is 3.61. The zero-order valence-electron chi connectivity index (χ0n) is 9.16. The van der Waals surface area contributed by atoms with Gasteiger partial charge in [0.2, 0.25) is 0 Å². The van der Waals surface area contributed by atoms with Crippen LogP contribution in [-0.4, -0.2) is 6.10 Å². The van der Waals surface area contributed by atoms with E-state index in [1.807, 2.05) is 39.0 Å². The topological polar surface area (TPSA) is 35.2 Å². The van der Waals surface area contributed by atoms with Crippen LogP contribution in [0.4, 0.5) is 0 Å². The third-order valence-electron chi connectivity index (χ3n) is 1.84. The molecule has 0 aliphatic rings. The van der Waals surface area contributed by atoms with Crippen LogP contribution >= 0.6 is 24.0 Å². The van der Waals surface area contributed by atoms with Gasteiger partial charge in [-0.3, -0.25) is 0 Å². The predicted octanol–water partition coefficient (Wildman–Crippen LogP) is 3.57. The van der Waals surface area contributed by atoms with Crippen LogP contribution in [0.5, 0.6) is 5.75 Å². The van der Waals surface area contributed by atoms with Crippen LogP contribution < -0.4 is 10.5 Å². The summed E-state index contributed by atoms with van der Waals surface area (Å²) in [6, 6.07) is 5.57. The van der Waals surface area contributed by atoms with Crippen LogP contribution in [0, 0.1) is 0 Å². The predicted molar refractivity (Wildman–Crippen MR) is 67.1 cm³/mol. The third-order valence-corrected chi connectivity index (χ3v) is 2.14. The van der Waals surface area contributed by atoms with E-state index in [4.69, 9.17) is 22.1 Å². The Hall–Kier alpha value is -0.440. The Bertz CT molecular complexity index is 313. The monoisotopic (exact) mass is 249 g/mol. The lowest BCUT2D eigenvalue weighted by atomic mass is 10.1. The molecule has 0 saturated heterocycles. The average Bonchev–Trinajstić information content (AvgIpc) is 2.07. The highest BCUT2D eigenvalue weighted by Crippen LogP contribution is 2.32. The first-order valence-electron chi connectivity index (χ1n) is 4.73. The third kappa shape index (κ3) is 3.90. The fraction of sp³-hybridized carbons (Fsp3) is 0.455. The molecule has 0 amide bonds. The first-order chi connectivity index (χ1) is 6.52. The Morgan fingerprint density at radius 1 is 1.27 bits per heavy atom. The molecule has 2 N–H and O–H groups in total. The molecule has 0 fully saturated rings. The van der Waals surface area contributed by atoms with Crippen LogP contribution in [0.1, 0.15) is 32.4 Å². The molecule has 0 saturated carbocycles. The largest absolute Gasteiger partial charge is 0.489 e. The van der Waals surface area contributed by atoms with Crippen LogP contribution in [-0.2, 0) is 0 Å². The van der Waals surface area contributed by atoms with Gasteiger partial charge in [0, 0.05) is 11.6 Å². The first kappa shape index (κ1) is 14.6. The number of para-hydroxylation sites is 1. The Morgan fingerprint density at radius 3 is 2.33 bits per heavy atom. The smallest absolute Gasteiger partial charge is 0.143 e. The van der Waals surface area contributed by atoms with Crippen molar-refractivity contribution in [2.24, 2.45) is 5.73 Å². The Labute approximate surface area is 102 Å². The summed E-state index contributed by atoms with van der Waals surface area (Å²) < 4.78 is 5.63. The zero-order chi connectivity index (χ0) is 10.7. The molecular formula is C11H17Cl2NO. The highest BCUT2D eigenvalue weighted by molar-refractivity contribution is 6.32. The van der Waals surface area contributed by atoms with E-state index in [1.54, 1.807) is 0 Å². The molecule has 4 heteroatoms. The number of hydrogen-bond donors (Lipinski definition) is 1. The maximum Gasteiger partial charge on any atom is 0.143 e. The van der Waals surface area contributed by atoms with Gasteiger partial charge in [0.1, 0.15) is 5.75 Å². The number of benzene rings is 1. The molecular weight excluding hydrogens is 233 g/mol. The van der Waals surface area contributed by atoms with Crippen molar-refractivity contribution in [3.8, 4) is 5.75 Å². The first-order valence-corrected chi connectivity index (χ1v) is 5.10. The average molecular weight is 250 g/mol. The summed E-state index contributed by atoms with van der Waals surface area (Å²) in [5.74, 6) is 0.708. The van der Waals surface area contributed by atoms with Crippen molar-refractivity contribution in [2.45, 2.75) is 32.9 Å². The number of rotatable bonds is 3. The summed E-state index contributed by atoms with van der Waals surface area (Å²) in [4.78, 5) is 0. The van der Waals surface area contributed by atoms with Crippen molar-refractivity contribution in [1.82, 2.24) is 0 Å². The molecule has 0 heterocycles. The Kier molecular flexibility index (Phi) is 6.03. The van der Waals surface area contributed by atoms with Crippen molar-refractivity contribution in [1.29, 1.82) is 0 Å². The molecule has 0 aromatic heterocycles. The molecule has 0 aliphatic carbocycles. The van der Waals surface area contributed by atoms with Crippen molar-refractivity contribution in [3.05, 3.63) is 28.8 Å². The Balaban J connectivity index is 0.00000196. The number of hydrogen-bond acceptors (Lipinski definition) is 2. The van der Waals surface area contributed by atoms with Crippen molar-refractivity contribution >= 4 is 24.0 Å². The molecule has 0 spiro atoms. The van der Waals surface area contributed by atoms with Gasteiger partial charge in [-0.15, -0.1) is 12.4 Å². The minimum absolute atomic E-state index is 0. The minimum Gasteiger partial charge on any atom is -0.489 e. The number of halogens is 2. The van der Waals surface area contributed by atoms with Gasteiger partial charge in [-0.2, -0.15) is 0 Å². The summed E-state index contributed by atoms with van der Waals surface area (Å²) >= 11 is 6.04. The number of nitrogens with two attached hydrogens (primary N) is 1. The van der Waals surface area contributed by atoms with Gasteiger partial charge >= 0.3 is 0 Å². The second kappa shape index (κ2) is 6.21. The van der Waals surface area contributed by atoms with Crippen molar-refractivity contribution in [2.75, 3.05) is 0 Å². The lowest BCUT2D eigenvalue weighted by Gasteiger charge is -2.17. The van der Waals surface area contributed by atoms with E-state index in [1.165, 1.54) is 0 Å². The van der Waals surface area contributed by atoms with Gasteiger partial charge < -0.3 is 10.5 Å². The highest BCUT2D eigenvalue weighted by Gasteiger charge is 2.12. The van der Waals surface area contributed by atoms with Crippen molar-refractivity contribution in [3.63, 3.8) is 0 Å². The molecule has 1 aromatic carbocycles. The Morgan fingerprint density at radius 2 is 1.87 bits per heavy atom. The number of ether oxygens (including phenoxy) is 1. The van der Waals surface area contributed by atoms with E-state index in [2.05, 4.69) is 0 Å². The van der Waals surface area contributed by atoms with Gasteiger partial charge in [-0.05, 0) is 26.8 Å². The molecule has 0 aliphatic heterocycles. The van der Waals surface area contributed by atoms with Crippen LogP contribution in [0.15, 0.2) is 18.2 Å². The highest BCUT2D eigenvalue weighted by atomic mass is 35.5. The maximum absolute atomic E-state index is 6.04. The van der Waals surface area contributed by atoms with Gasteiger partial charge in [0.05, 0.1) is 11.1 Å². The van der Waals surface area contributed by atoms with Crippen LogP contribution in [0.3, 0.4) is 0 Å². The summed E-state index contributed by atoms with van der Waals surface area (Å²) in [5, 5.41) is 0.619. The molecule has 0 bridgehead atoms. The summed E-state index contributed by atoms with van der Waals surface area (Å²) in [6.45, 7) is 5.85. The molecule has 86 valence electrons. The molecule has 2 nitrogen and oxygen atoms in total. The lowest BCUT2D eigenvalue weighted by molar-refractivity contribution is 0.239. The summed E-state index contributed by atoms with van der Waals surface area (Å²) in [7, 11) is 0. The normalized spacial score (nSPS) is 12.1. The summed E-state index contributed by atoms with van der Waals surface area (Å²) in [5.41, 5.74) is 6.77. The van der Waals surface area contributed by atoms with Gasteiger partial charge in [-0.25, -0.2) is 0 Å². The molecule has 1 atom stereocenters. The SMILES string of the molecule is CC(C)Oc1c(Cl)cccc1C(C)N.Cl. The van der Waals surface area contributed by atoms with E-state index in [0.29, 0.717) is 10.8 Å². The maximum atomic E-state index is 6.04. The molecule has 1 aromatic rings. The molecule has 0 radical (unpaired) electrons. The van der Waals surface area contributed by atoms with Crippen molar-refractivity contribution < 1.29 is 4.74 Å². The van der Waals surface area contributed by atoms with Gasteiger partial charge in [-0.1, -0.05) is 23.7 Å². The van der Waals surface area contributed by atoms with E-state index >= 15 is 0 Å². The lowest BCUT2D eigenvalue weighted by Crippen LogP contribution is -2.12. The summed E-state index contributed by atoms with van der Waals surface area (Å²) in [6.07, 6.45) is 0.104. The fourth-order valence-electron chi connectivity index (χ4n) is 1.24. The molecule has 1 rings (SSSR count). The van der Waals surface area contributed by atoms with E-state index in [9.17, 15) is 0 Å². The quantitative estimate of drug-likeness (QED) is 0.890. The van der Waals surface area contributed by atoms with E-state index in [0.717, 1.165) is 5.56 Å². The fourth-order valence-corrected chi connectivity index (χ4v) is 1.47.